The Morgan fingerprint density at radius 3 is 1.26 bits per heavy atom. The van der Waals surface area contributed by atoms with Crippen LogP contribution in [0.1, 0.15) is 0 Å². The zero-order valence-electron chi connectivity index (χ0n) is 19.5. The number of aliphatic hydroxyl groups is 2. The molecule has 0 aromatic heterocycles. The van der Waals surface area contributed by atoms with Gasteiger partial charge in [-0.3, -0.25) is 0 Å². The summed E-state index contributed by atoms with van der Waals surface area (Å²) in [5, 5.41) is 24.0. The molecule has 0 aliphatic heterocycles. The highest BCUT2D eigenvalue weighted by molar-refractivity contribution is 9.09. The van der Waals surface area contributed by atoms with Crippen LogP contribution in [0.3, 0.4) is 0 Å². The van der Waals surface area contributed by atoms with Gasteiger partial charge in [-0.15, -0.1) is 11.6 Å². The Morgan fingerprint density at radius 1 is 0.588 bits per heavy atom. The van der Waals surface area contributed by atoms with E-state index in [0.29, 0.717) is 98.3 Å². The highest BCUT2D eigenvalue weighted by Gasteiger charge is 1.89. The minimum atomic E-state index is 0.0265. The first kappa shape index (κ1) is 37.6. The number of rotatable bonds is 23. The molecule has 0 aromatic carbocycles. The van der Waals surface area contributed by atoms with Gasteiger partial charge < -0.3 is 38.6 Å². The lowest BCUT2D eigenvalue weighted by Crippen LogP contribution is -2.08. The van der Waals surface area contributed by atoms with Crippen LogP contribution in [0.15, 0.2) is 10.2 Å². The summed E-state index contributed by atoms with van der Waals surface area (Å²) in [7, 11) is 0. The molecule has 0 spiro atoms. The van der Waals surface area contributed by atoms with Gasteiger partial charge in [-0.05, 0) is 11.1 Å². The molecule has 0 unspecified atom stereocenters. The molecule has 0 atom stereocenters. The molecule has 14 nitrogen and oxygen atoms in total. The quantitative estimate of drug-likeness (QED) is 0.0603. The van der Waals surface area contributed by atoms with Crippen LogP contribution < -0.4 is 0 Å². The van der Waals surface area contributed by atoms with Crippen LogP contribution in [-0.2, 0) is 28.4 Å². The summed E-state index contributed by atoms with van der Waals surface area (Å²) in [6.07, 6.45) is 0. The molecule has 0 aliphatic carbocycles. The van der Waals surface area contributed by atoms with E-state index in [1.807, 2.05) is 0 Å². The van der Waals surface area contributed by atoms with E-state index in [2.05, 4.69) is 36.0 Å². The van der Waals surface area contributed by atoms with Gasteiger partial charge in [0.25, 0.3) is 0 Å². The number of hydrogen-bond acceptors (Lipinski definition) is 10. The zero-order chi connectivity index (χ0) is 25.8. The lowest BCUT2D eigenvalue weighted by molar-refractivity contribution is 0.0354. The molecule has 0 radical (unpaired) electrons. The second-order valence-corrected chi connectivity index (χ2v) is 6.58. The molecular weight excluding hydrogens is 544 g/mol. The van der Waals surface area contributed by atoms with E-state index in [-0.39, 0.29) is 13.2 Å². The molecule has 0 saturated heterocycles. The van der Waals surface area contributed by atoms with Crippen LogP contribution >= 0.6 is 27.5 Å². The van der Waals surface area contributed by atoms with Gasteiger partial charge in [0.05, 0.1) is 92.5 Å². The number of alkyl halides is 2. The first-order valence-corrected chi connectivity index (χ1v) is 12.2. The van der Waals surface area contributed by atoms with E-state index in [1.54, 1.807) is 0 Å². The van der Waals surface area contributed by atoms with Crippen molar-refractivity contribution in [1.29, 1.82) is 0 Å². The Balaban J connectivity index is -0.000000426. The maximum Gasteiger partial charge on any atom is 0.0701 e. The molecule has 34 heavy (non-hydrogen) atoms. The average molecular weight is 582 g/mol. The van der Waals surface area contributed by atoms with E-state index in [0.717, 1.165) is 5.33 Å². The summed E-state index contributed by atoms with van der Waals surface area (Å²) < 4.78 is 30.0. The number of azide groups is 2. The normalized spacial score (nSPS) is 9.65. The number of aliphatic hydroxyl groups excluding tert-OH is 2. The lowest BCUT2D eigenvalue weighted by atomic mass is 10.7. The molecule has 0 aromatic rings. The van der Waals surface area contributed by atoms with Crippen molar-refractivity contribution in [3.05, 3.63) is 20.9 Å². The Kier molecular flexibility index (Phi) is 46.7. The summed E-state index contributed by atoms with van der Waals surface area (Å²) in [6.45, 7) is 6.78. The molecule has 202 valence electrons. The van der Waals surface area contributed by atoms with E-state index in [9.17, 15) is 0 Å². The Morgan fingerprint density at radius 2 is 0.941 bits per heavy atom. The van der Waals surface area contributed by atoms with E-state index in [4.69, 9.17) is 61.3 Å². The summed E-state index contributed by atoms with van der Waals surface area (Å²) in [5.74, 6) is 0.514. The number of nitrogens with zero attached hydrogens (tertiary/aromatic N) is 6. The van der Waals surface area contributed by atoms with Crippen molar-refractivity contribution in [3.63, 3.8) is 0 Å². The van der Waals surface area contributed by atoms with Crippen molar-refractivity contribution >= 4 is 27.5 Å². The third-order valence-corrected chi connectivity index (χ3v) is 3.31. The van der Waals surface area contributed by atoms with E-state index < -0.39 is 0 Å². The lowest BCUT2D eigenvalue weighted by Gasteiger charge is -2.02. The predicted molar refractivity (Wildman–Crippen MR) is 132 cm³/mol. The first-order valence-electron chi connectivity index (χ1n) is 10.6. The molecule has 0 amide bonds. The molecule has 0 aliphatic rings. The van der Waals surface area contributed by atoms with Crippen LogP contribution in [-0.4, -0.2) is 127 Å². The first-order chi connectivity index (χ1) is 16.7. The Labute approximate surface area is 214 Å². The Hall–Kier alpha value is -0.930. The van der Waals surface area contributed by atoms with Gasteiger partial charge in [-0.1, -0.05) is 26.2 Å². The number of halogens is 2. The van der Waals surface area contributed by atoms with Gasteiger partial charge in [0, 0.05) is 34.1 Å². The fourth-order valence-electron chi connectivity index (χ4n) is 1.50. The van der Waals surface area contributed by atoms with Gasteiger partial charge in [0.2, 0.25) is 0 Å². The molecule has 0 saturated carbocycles. The van der Waals surface area contributed by atoms with Crippen molar-refractivity contribution in [2.24, 2.45) is 10.2 Å². The van der Waals surface area contributed by atoms with Crippen molar-refractivity contribution in [2.45, 2.75) is 0 Å². The summed E-state index contributed by atoms with van der Waals surface area (Å²) in [5.41, 5.74) is 15.8. The third-order valence-electron chi connectivity index (χ3n) is 2.83. The molecule has 16 heteroatoms. The standard InChI is InChI=1S/C6H12BrN3O2.C6H13ClO3.C6H13N3O3/c7-1-3-11-5-6-12-4-2-9-10-8;7-1-3-9-5-6-10-4-2-8;7-9-8-1-3-11-5-6-12-4-2-10/h1-6H2;8H,1-6H2;10H,1-6H2. The van der Waals surface area contributed by atoms with Gasteiger partial charge >= 0.3 is 0 Å². The fraction of sp³-hybridized carbons (Fsp3) is 1.00. The van der Waals surface area contributed by atoms with Crippen LogP contribution in [0.5, 0.6) is 0 Å². The van der Waals surface area contributed by atoms with Crippen LogP contribution in [0, 0.1) is 0 Å². The largest absolute Gasteiger partial charge is 0.394 e. The van der Waals surface area contributed by atoms with Crippen molar-refractivity contribution < 1.29 is 38.6 Å². The van der Waals surface area contributed by atoms with Crippen LogP contribution in [0.25, 0.3) is 20.9 Å². The SMILES string of the molecule is OCCOCCOCCCl.[N-]=[N+]=NCCOCCOCCBr.[N-]=[N+]=NCCOCCOCCO. The molecule has 0 heterocycles. The van der Waals surface area contributed by atoms with Gasteiger partial charge in [-0.25, -0.2) is 0 Å². The fourth-order valence-corrected chi connectivity index (χ4v) is 1.84. The van der Waals surface area contributed by atoms with E-state index >= 15 is 0 Å². The second-order valence-electron chi connectivity index (χ2n) is 5.41. The monoisotopic (exact) mass is 580 g/mol. The van der Waals surface area contributed by atoms with Crippen LogP contribution in [0.2, 0.25) is 0 Å². The van der Waals surface area contributed by atoms with Gasteiger partial charge in [0.1, 0.15) is 0 Å². The molecule has 0 fully saturated rings. The predicted octanol–water partition coefficient (Wildman–Crippen LogP) is 2.30. The Bertz CT molecular complexity index is 424. The van der Waals surface area contributed by atoms with Gasteiger partial charge in [-0.2, -0.15) is 0 Å². The summed E-state index contributed by atoms with van der Waals surface area (Å²) in [4.78, 5) is 5.15. The second kappa shape index (κ2) is 42.2. The number of ether oxygens (including phenoxy) is 6. The van der Waals surface area contributed by atoms with Crippen molar-refractivity contribution in [2.75, 3.05) is 117 Å². The third kappa shape index (κ3) is 48.5. The topological polar surface area (TPSA) is 193 Å². The number of hydrogen-bond donors (Lipinski definition) is 2. The minimum Gasteiger partial charge on any atom is -0.394 e. The summed E-state index contributed by atoms with van der Waals surface area (Å²) in [6, 6.07) is 0. The highest BCUT2D eigenvalue weighted by atomic mass is 79.9. The smallest absolute Gasteiger partial charge is 0.0701 e. The van der Waals surface area contributed by atoms with Crippen molar-refractivity contribution in [1.82, 2.24) is 0 Å². The highest BCUT2D eigenvalue weighted by Crippen LogP contribution is 1.84. The van der Waals surface area contributed by atoms with Crippen molar-refractivity contribution in [3.8, 4) is 0 Å². The molecule has 0 bridgehead atoms. The minimum absolute atomic E-state index is 0.0265. The van der Waals surface area contributed by atoms with E-state index in [1.165, 1.54) is 0 Å². The maximum absolute atomic E-state index is 8.32. The summed E-state index contributed by atoms with van der Waals surface area (Å²) >= 11 is 8.57. The molecular formula is C18H38BrClN6O8. The zero-order valence-corrected chi connectivity index (χ0v) is 21.9. The average Bonchev–Trinajstić information content (AvgIpc) is 2.85. The molecule has 0 rings (SSSR count). The molecule has 2 N–H and O–H groups in total. The van der Waals surface area contributed by atoms with Gasteiger partial charge in [0.15, 0.2) is 0 Å². The maximum atomic E-state index is 8.32. The van der Waals surface area contributed by atoms with Crippen LogP contribution in [0.4, 0.5) is 0 Å².